The van der Waals surface area contributed by atoms with E-state index in [1.165, 1.54) is 0 Å². The zero-order valence-corrected chi connectivity index (χ0v) is 9.81. The molecule has 0 radical (unpaired) electrons. The number of hydrogen-bond donors (Lipinski definition) is 1. The van der Waals surface area contributed by atoms with Crippen LogP contribution in [0.15, 0.2) is 12.4 Å². The lowest BCUT2D eigenvalue weighted by Crippen LogP contribution is -2.30. The number of hydrogen-bond acceptors (Lipinski definition) is 3. The fourth-order valence-electron chi connectivity index (χ4n) is 1.78. The number of ether oxygens (including phenoxy) is 1. The van der Waals surface area contributed by atoms with Crippen LogP contribution in [0.5, 0.6) is 0 Å². The molecule has 2 atom stereocenters. The summed E-state index contributed by atoms with van der Waals surface area (Å²) in [5.41, 5.74) is 6.15. The minimum atomic E-state index is -0.134. The highest BCUT2D eigenvalue weighted by Crippen LogP contribution is 2.18. The monoisotopic (exact) mass is 211 g/mol. The molecule has 1 heterocycles. The van der Waals surface area contributed by atoms with E-state index in [9.17, 15) is 0 Å². The summed E-state index contributed by atoms with van der Waals surface area (Å²) < 4.78 is 7.46. The molecule has 15 heavy (non-hydrogen) atoms. The third-order valence-corrected chi connectivity index (χ3v) is 2.66. The Kier molecular flexibility index (Phi) is 4.78. The molecule has 0 spiro atoms. The van der Waals surface area contributed by atoms with Crippen molar-refractivity contribution < 1.29 is 4.74 Å². The van der Waals surface area contributed by atoms with E-state index in [0.717, 1.165) is 25.2 Å². The maximum Gasteiger partial charge on any atom is 0.128 e. The molecule has 1 rings (SSSR count). The largest absolute Gasteiger partial charge is 0.379 e. The first-order chi connectivity index (χ1) is 7.24. The van der Waals surface area contributed by atoms with Gasteiger partial charge in [-0.2, -0.15) is 0 Å². The Hall–Kier alpha value is -0.870. The number of aromatic nitrogens is 2. The topological polar surface area (TPSA) is 53.1 Å². The van der Waals surface area contributed by atoms with E-state index in [4.69, 9.17) is 10.5 Å². The standard InChI is InChI=1S/C11H21N3O/c1-4-6-9(15-3)10(12)11-13-7-8-14(11)5-2/h7-10H,4-6,12H2,1-3H3. The van der Waals surface area contributed by atoms with E-state index in [1.807, 2.05) is 6.20 Å². The molecule has 0 saturated heterocycles. The van der Waals surface area contributed by atoms with E-state index < -0.39 is 0 Å². The van der Waals surface area contributed by atoms with Crippen molar-refractivity contribution in [1.29, 1.82) is 0 Å². The average molecular weight is 211 g/mol. The van der Waals surface area contributed by atoms with Gasteiger partial charge in [0.1, 0.15) is 5.82 Å². The van der Waals surface area contributed by atoms with Gasteiger partial charge in [0.15, 0.2) is 0 Å². The summed E-state index contributed by atoms with van der Waals surface area (Å²) in [5, 5.41) is 0. The number of nitrogens with zero attached hydrogens (tertiary/aromatic N) is 2. The van der Waals surface area contributed by atoms with Crippen LogP contribution in [0.1, 0.15) is 38.6 Å². The van der Waals surface area contributed by atoms with Gasteiger partial charge in [0.25, 0.3) is 0 Å². The maximum atomic E-state index is 6.15. The van der Waals surface area contributed by atoms with Crippen LogP contribution in [0.25, 0.3) is 0 Å². The Morgan fingerprint density at radius 3 is 2.80 bits per heavy atom. The molecule has 1 aromatic heterocycles. The van der Waals surface area contributed by atoms with Gasteiger partial charge < -0.3 is 15.0 Å². The summed E-state index contributed by atoms with van der Waals surface area (Å²) in [4.78, 5) is 4.30. The molecular formula is C11H21N3O. The van der Waals surface area contributed by atoms with Crippen LogP contribution in [-0.4, -0.2) is 22.8 Å². The van der Waals surface area contributed by atoms with Gasteiger partial charge in [-0.25, -0.2) is 4.98 Å². The van der Waals surface area contributed by atoms with E-state index in [0.29, 0.717) is 0 Å². The number of rotatable bonds is 6. The van der Waals surface area contributed by atoms with Crippen LogP contribution in [0, 0.1) is 0 Å². The van der Waals surface area contributed by atoms with Gasteiger partial charge >= 0.3 is 0 Å². The second kappa shape index (κ2) is 5.88. The molecule has 0 fully saturated rings. The normalized spacial score (nSPS) is 15.2. The summed E-state index contributed by atoms with van der Waals surface area (Å²) in [6.07, 6.45) is 5.83. The summed E-state index contributed by atoms with van der Waals surface area (Å²) >= 11 is 0. The van der Waals surface area contributed by atoms with Crippen LogP contribution in [0.4, 0.5) is 0 Å². The Morgan fingerprint density at radius 1 is 1.53 bits per heavy atom. The van der Waals surface area contributed by atoms with E-state index in [1.54, 1.807) is 13.3 Å². The molecule has 1 aromatic rings. The zero-order valence-electron chi connectivity index (χ0n) is 9.81. The second-order valence-electron chi connectivity index (χ2n) is 3.66. The van der Waals surface area contributed by atoms with Crippen molar-refractivity contribution in [3.63, 3.8) is 0 Å². The second-order valence-corrected chi connectivity index (χ2v) is 3.66. The number of imidazole rings is 1. The molecular weight excluding hydrogens is 190 g/mol. The quantitative estimate of drug-likeness (QED) is 0.779. The van der Waals surface area contributed by atoms with Crippen molar-refractivity contribution in [1.82, 2.24) is 9.55 Å². The van der Waals surface area contributed by atoms with Crippen molar-refractivity contribution in [3.05, 3.63) is 18.2 Å². The third kappa shape index (κ3) is 2.79. The highest BCUT2D eigenvalue weighted by atomic mass is 16.5. The minimum Gasteiger partial charge on any atom is -0.379 e. The predicted octanol–water partition coefficient (Wildman–Crippen LogP) is 1.72. The van der Waals surface area contributed by atoms with Gasteiger partial charge in [-0.1, -0.05) is 13.3 Å². The van der Waals surface area contributed by atoms with Crippen molar-refractivity contribution in [2.24, 2.45) is 5.73 Å². The van der Waals surface area contributed by atoms with Crippen LogP contribution in [0.3, 0.4) is 0 Å². The van der Waals surface area contributed by atoms with Crippen LogP contribution in [-0.2, 0) is 11.3 Å². The molecule has 0 bridgehead atoms. The predicted molar refractivity (Wildman–Crippen MR) is 60.5 cm³/mol. The first-order valence-corrected chi connectivity index (χ1v) is 5.53. The van der Waals surface area contributed by atoms with E-state index >= 15 is 0 Å². The third-order valence-electron chi connectivity index (χ3n) is 2.66. The van der Waals surface area contributed by atoms with Gasteiger partial charge in [0, 0.05) is 26.0 Å². The zero-order chi connectivity index (χ0) is 11.3. The SMILES string of the molecule is CCCC(OC)C(N)c1nccn1CC. The number of aryl methyl sites for hydroxylation is 1. The lowest BCUT2D eigenvalue weighted by Gasteiger charge is -2.22. The van der Waals surface area contributed by atoms with Crippen LogP contribution in [0.2, 0.25) is 0 Å². The Morgan fingerprint density at radius 2 is 2.27 bits per heavy atom. The van der Waals surface area contributed by atoms with Crippen LogP contribution < -0.4 is 5.73 Å². The lowest BCUT2D eigenvalue weighted by atomic mass is 10.1. The summed E-state index contributed by atoms with van der Waals surface area (Å²) in [6, 6.07) is -0.134. The molecule has 86 valence electrons. The molecule has 4 heteroatoms. The molecule has 0 amide bonds. The molecule has 0 saturated carbocycles. The molecule has 0 aliphatic carbocycles. The van der Waals surface area contributed by atoms with Gasteiger partial charge in [-0.05, 0) is 13.3 Å². The highest BCUT2D eigenvalue weighted by Gasteiger charge is 2.21. The van der Waals surface area contributed by atoms with Gasteiger partial charge in [0.2, 0.25) is 0 Å². The maximum absolute atomic E-state index is 6.15. The van der Waals surface area contributed by atoms with Gasteiger partial charge in [-0.15, -0.1) is 0 Å². The average Bonchev–Trinajstić information content (AvgIpc) is 2.72. The van der Waals surface area contributed by atoms with Crippen molar-refractivity contribution in [2.45, 2.75) is 45.4 Å². The minimum absolute atomic E-state index is 0.0581. The molecule has 4 nitrogen and oxygen atoms in total. The van der Waals surface area contributed by atoms with Crippen molar-refractivity contribution >= 4 is 0 Å². The molecule has 0 aliphatic rings. The Labute approximate surface area is 91.4 Å². The molecule has 2 N–H and O–H groups in total. The fraction of sp³-hybridized carbons (Fsp3) is 0.727. The van der Waals surface area contributed by atoms with Crippen LogP contribution >= 0.6 is 0 Å². The number of methoxy groups -OCH3 is 1. The molecule has 2 unspecified atom stereocenters. The van der Waals surface area contributed by atoms with Gasteiger partial charge in [0.05, 0.1) is 12.1 Å². The summed E-state index contributed by atoms with van der Waals surface area (Å²) in [5.74, 6) is 0.915. The summed E-state index contributed by atoms with van der Waals surface area (Å²) in [7, 11) is 1.71. The number of nitrogens with two attached hydrogens (primary N) is 1. The first-order valence-electron chi connectivity index (χ1n) is 5.53. The smallest absolute Gasteiger partial charge is 0.128 e. The van der Waals surface area contributed by atoms with E-state index in [2.05, 4.69) is 23.4 Å². The Balaban J connectivity index is 2.77. The lowest BCUT2D eigenvalue weighted by molar-refractivity contribution is 0.0691. The fourth-order valence-corrected chi connectivity index (χ4v) is 1.78. The summed E-state index contributed by atoms with van der Waals surface area (Å²) in [6.45, 7) is 5.11. The van der Waals surface area contributed by atoms with E-state index in [-0.39, 0.29) is 12.1 Å². The highest BCUT2D eigenvalue weighted by molar-refractivity contribution is 5.01. The molecule has 0 aliphatic heterocycles. The Bertz CT molecular complexity index is 285. The van der Waals surface area contributed by atoms with Gasteiger partial charge in [-0.3, -0.25) is 0 Å². The van der Waals surface area contributed by atoms with Crippen molar-refractivity contribution in [2.75, 3.05) is 7.11 Å². The van der Waals surface area contributed by atoms with Crippen molar-refractivity contribution in [3.8, 4) is 0 Å². The first kappa shape index (κ1) is 12.2. The molecule has 0 aromatic carbocycles.